The number of nitrogens with zero attached hydrogens (tertiary/aromatic N) is 9. The molecule has 498 valence electrons. The third kappa shape index (κ3) is 17.2. The van der Waals surface area contributed by atoms with Crippen LogP contribution < -0.4 is 28.4 Å². The van der Waals surface area contributed by atoms with E-state index in [0.29, 0.717) is 56.8 Å². The van der Waals surface area contributed by atoms with Gasteiger partial charge in [-0.2, -0.15) is 15.8 Å². The molecule has 0 bridgehead atoms. The van der Waals surface area contributed by atoms with Gasteiger partial charge in [0.2, 0.25) is 20.0 Å². The summed E-state index contributed by atoms with van der Waals surface area (Å²) in [5, 5.41) is 59.3. The standard InChI is InChI=1S/C24H26N4O4S2.C23H24N4O2S2.C22H22N4O3S2/c1-15(2)32-22-10-7-16(13-17(22)14-25)23-26-27-24(33-23)20-6-4-5-19-18(20)8-9-21(19)28-34(29,30)12-11-31-3;1-14(2)29-21-11-8-15(12-16(21)13-24)22-25-26-23(30-22)19-7-5-6-18-17(19)9-10-20(18)27-31(3,4)28;1-13(2)29-20-10-7-14(11-15(20)12-23)21-24-25-22(30-21)18-6-4-5-17-16(18)8-9-19(17)26-31(3,27)28/h4-7,10,13,15,21,28H,8-9,11-12H2,1-3H3;5-8,11-12,14,20H,3,9-10H2,1-2,4H3,(H,27,28);4-7,10-11,13,19,26H,8-9H2,1-3H3/t21-;20-,31?;19-/m101/s1. The first-order valence-electron chi connectivity index (χ1n) is 30.9. The Hall–Kier alpha value is -8.37. The molecule has 12 rings (SSSR count). The molecule has 9 aromatic rings. The zero-order valence-electron chi connectivity index (χ0n) is 54.4. The van der Waals surface area contributed by atoms with Crippen LogP contribution >= 0.6 is 34.0 Å². The van der Waals surface area contributed by atoms with E-state index in [-0.39, 0.29) is 48.8 Å². The molecule has 1 unspecified atom stereocenters. The van der Waals surface area contributed by atoms with Crippen molar-refractivity contribution in [2.75, 3.05) is 32.0 Å². The van der Waals surface area contributed by atoms with Gasteiger partial charge in [0.25, 0.3) is 0 Å². The summed E-state index contributed by atoms with van der Waals surface area (Å²) in [5.41, 5.74) is 13.3. The average Bonchev–Trinajstić information content (AvgIpc) is 1.64. The van der Waals surface area contributed by atoms with Crippen LogP contribution in [-0.2, 0) is 53.8 Å². The van der Waals surface area contributed by atoms with E-state index in [1.807, 2.05) is 108 Å². The zero-order valence-corrected chi connectivity index (χ0v) is 59.3. The van der Waals surface area contributed by atoms with Crippen molar-refractivity contribution in [3.8, 4) is 98.9 Å². The maximum atomic E-state index is 12.4. The number of nitriles is 3. The van der Waals surface area contributed by atoms with Gasteiger partial charge in [-0.3, -0.25) is 4.21 Å². The van der Waals surface area contributed by atoms with Gasteiger partial charge in [-0.25, -0.2) is 31.0 Å². The Morgan fingerprint density at radius 3 is 1.11 bits per heavy atom. The fraction of sp³-hybridized carbons (Fsp3) is 0.333. The summed E-state index contributed by atoms with van der Waals surface area (Å²) in [4.78, 5) is 0. The topological polar surface area (TPSA) is 307 Å². The van der Waals surface area contributed by atoms with Crippen LogP contribution in [0.5, 0.6) is 17.2 Å². The summed E-state index contributed by atoms with van der Waals surface area (Å²) in [7, 11) is -7.53. The molecular formula is C69H72N12O9S6. The van der Waals surface area contributed by atoms with Crippen LogP contribution in [0.1, 0.15) is 129 Å². The molecule has 0 radical (unpaired) electrons. The molecule has 3 aliphatic carbocycles. The molecule has 96 heavy (non-hydrogen) atoms. The Kier molecular flexibility index (Phi) is 22.3. The average molecular weight is 1410 g/mol. The molecule has 3 heterocycles. The van der Waals surface area contributed by atoms with E-state index in [9.17, 15) is 36.8 Å². The van der Waals surface area contributed by atoms with Crippen LogP contribution in [0.15, 0.2) is 109 Å². The van der Waals surface area contributed by atoms with Crippen LogP contribution in [0, 0.1) is 34.0 Å². The highest BCUT2D eigenvalue weighted by Gasteiger charge is 2.32. The summed E-state index contributed by atoms with van der Waals surface area (Å²) < 4.78 is 90.9. The number of aromatic nitrogens is 6. The molecule has 4 atom stereocenters. The Bertz CT molecular complexity index is 4640. The number of benzene rings is 6. The fourth-order valence-corrected chi connectivity index (χ4v) is 17.1. The molecule has 0 amide bonds. The molecule has 3 aromatic heterocycles. The molecule has 0 spiro atoms. The second-order valence-corrected chi connectivity index (χ2v) is 32.9. The number of hydrogen-bond donors (Lipinski definition) is 3. The molecule has 0 fully saturated rings. The summed E-state index contributed by atoms with van der Waals surface area (Å²) in [6.07, 6.45) is 7.43. The van der Waals surface area contributed by atoms with E-state index >= 15 is 0 Å². The zero-order chi connectivity index (χ0) is 68.6. The lowest BCUT2D eigenvalue weighted by Crippen LogP contribution is -2.31. The minimum Gasteiger partial charge on any atom is -0.490 e. The van der Waals surface area contributed by atoms with Crippen molar-refractivity contribution in [3.05, 3.63) is 159 Å². The first kappa shape index (κ1) is 70.4. The smallest absolute Gasteiger partial charge is 0.214 e. The minimum absolute atomic E-state index is 0.00542. The van der Waals surface area contributed by atoms with E-state index in [0.717, 1.165) is 107 Å². The van der Waals surface area contributed by atoms with E-state index in [2.05, 4.69) is 81.0 Å². The van der Waals surface area contributed by atoms with Crippen molar-refractivity contribution in [1.82, 2.24) is 44.8 Å². The van der Waals surface area contributed by atoms with Gasteiger partial charge < -0.3 is 18.9 Å². The Morgan fingerprint density at radius 1 is 0.490 bits per heavy atom. The quantitative estimate of drug-likeness (QED) is 0.0563. The molecule has 0 aliphatic heterocycles. The van der Waals surface area contributed by atoms with E-state index < -0.39 is 29.8 Å². The molecule has 6 aromatic carbocycles. The lowest BCUT2D eigenvalue weighted by Gasteiger charge is -2.15. The monoisotopic (exact) mass is 1400 g/mol. The van der Waals surface area contributed by atoms with Crippen LogP contribution in [0.4, 0.5) is 0 Å². The second kappa shape index (κ2) is 30.4. The first-order valence-corrected chi connectivity index (χ1v) is 39.0. The maximum Gasteiger partial charge on any atom is 0.214 e. The highest BCUT2D eigenvalue weighted by Crippen LogP contribution is 2.44. The lowest BCUT2D eigenvalue weighted by atomic mass is 10.0. The van der Waals surface area contributed by atoms with E-state index in [1.165, 1.54) is 52.9 Å². The largest absolute Gasteiger partial charge is 0.490 e. The van der Waals surface area contributed by atoms with E-state index in [1.54, 1.807) is 36.6 Å². The molecule has 3 aliphatic rings. The van der Waals surface area contributed by atoms with Crippen LogP contribution in [-0.4, -0.2) is 108 Å². The minimum atomic E-state index is -3.43. The molecule has 0 saturated heterocycles. The van der Waals surface area contributed by atoms with Crippen molar-refractivity contribution in [3.63, 3.8) is 0 Å². The normalized spacial score (nSPS) is 16.0. The third-order valence-electron chi connectivity index (χ3n) is 15.5. The number of hydrogen-bond acceptors (Lipinski definition) is 21. The van der Waals surface area contributed by atoms with Crippen molar-refractivity contribution >= 4 is 69.6 Å². The second-order valence-electron chi connectivity index (χ2n) is 24.0. The van der Waals surface area contributed by atoms with E-state index in [4.69, 9.17) is 18.9 Å². The predicted molar refractivity (Wildman–Crippen MR) is 378 cm³/mol. The predicted octanol–water partition coefficient (Wildman–Crippen LogP) is 12.5. The number of sulfonamides is 2. The number of fused-ring (bicyclic) bond motifs is 3. The van der Waals surface area contributed by atoms with Gasteiger partial charge in [0, 0.05) is 74.6 Å². The highest BCUT2D eigenvalue weighted by atomic mass is 32.2. The van der Waals surface area contributed by atoms with Gasteiger partial charge in [0.05, 0.1) is 53.6 Å². The molecule has 3 N–H and O–H groups in total. The van der Waals surface area contributed by atoms with Gasteiger partial charge in [-0.15, -0.1) is 30.6 Å². The lowest BCUT2D eigenvalue weighted by molar-refractivity contribution is 0.216. The number of rotatable bonds is 21. The van der Waals surface area contributed by atoms with Gasteiger partial charge in [-0.1, -0.05) is 88.6 Å². The van der Waals surface area contributed by atoms with Crippen LogP contribution in [0.2, 0.25) is 0 Å². The maximum absolute atomic E-state index is 12.4. The van der Waals surface area contributed by atoms with Crippen LogP contribution in [0.3, 0.4) is 0 Å². The van der Waals surface area contributed by atoms with Gasteiger partial charge in [0.1, 0.15) is 65.5 Å². The van der Waals surface area contributed by atoms with Crippen molar-refractivity contribution in [1.29, 1.82) is 15.8 Å². The first-order chi connectivity index (χ1) is 45.8. The molecule has 27 heteroatoms. The highest BCUT2D eigenvalue weighted by molar-refractivity contribution is 7.97. The summed E-state index contributed by atoms with van der Waals surface area (Å²) >= 11 is 4.39. The summed E-state index contributed by atoms with van der Waals surface area (Å²) in [6.45, 7) is 11.7. The van der Waals surface area contributed by atoms with Gasteiger partial charge in [-0.05, 0) is 174 Å². The third-order valence-corrected chi connectivity index (χ3v) is 21.4. The summed E-state index contributed by atoms with van der Waals surface area (Å²) in [5.74, 6) is 5.33. The number of ether oxygens (including phenoxy) is 4. The fourth-order valence-electron chi connectivity index (χ4n) is 11.6. The van der Waals surface area contributed by atoms with Crippen molar-refractivity contribution in [2.24, 2.45) is 0 Å². The van der Waals surface area contributed by atoms with Gasteiger partial charge in [0.15, 0.2) is 0 Å². The Morgan fingerprint density at radius 2 is 0.812 bits per heavy atom. The molecular weight excluding hydrogens is 1330 g/mol. The summed E-state index contributed by atoms with van der Waals surface area (Å²) in [6, 6.07) is 40.4. The van der Waals surface area contributed by atoms with Crippen LogP contribution in [0.25, 0.3) is 63.4 Å². The SMILES string of the molecule is C=S(C)(=O)N[C@H]1CCc2c(-c3nnc(-c4ccc(OC(C)C)c(C#N)c4)s3)cccc21.CC(C)Oc1ccc(-c2nnc(-c3cccc4c3CC[C@H]4NS(C)(=O)=O)s2)cc1C#N.COCCS(=O)(=O)N[C@@H]1CCc2c(-c3nnc(-c4ccc(OC(C)C)c(C#N)c4)s3)cccc21. The number of methoxy groups -OCH3 is 1. The van der Waals surface area contributed by atoms with Gasteiger partial charge >= 0.3 is 0 Å². The number of nitrogens with one attached hydrogen (secondary N) is 3. The Labute approximate surface area is 572 Å². The molecule has 21 nitrogen and oxygen atoms in total. The van der Waals surface area contributed by atoms with Crippen molar-refractivity contribution < 1.29 is 40.0 Å². The molecule has 0 saturated carbocycles. The van der Waals surface area contributed by atoms with Crippen molar-refractivity contribution in [2.45, 2.75) is 117 Å². The Balaban J connectivity index is 0.000000157.